The predicted molar refractivity (Wildman–Crippen MR) is 102 cm³/mol. The number of nitrogens with one attached hydrogen (secondary N) is 1. The smallest absolute Gasteiger partial charge is 0.269 e. The number of aromatic nitrogens is 4. The number of anilines is 1. The highest BCUT2D eigenvalue weighted by Gasteiger charge is 2.16. The number of carbonyl (C=O) groups is 1. The van der Waals surface area contributed by atoms with E-state index in [1.807, 2.05) is 56.7 Å². The van der Waals surface area contributed by atoms with Crippen molar-refractivity contribution in [2.45, 2.75) is 19.1 Å². The van der Waals surface area contributed by atoms with Gasteiger partial charge in [-0.15, -0.1) is 0 Å². The molecule has 3 rings (SSSR count). The molecule has 2 heterocycles. The van der Waals surface area contributed by atoms with Gasteiger partial charge in [0.25, 0.3) is 5.56 Å². The molecular weight excluding hydrogens is 344 g/mol. The number of hydrogen-bond donors (Lipinski definition) is 1. The highest BCUT2D eigenvalue weighted by molar-refractivity contribution is 5.76. The van der Waals surface area contributed by atoms with Crippen LogP contribution in [0.2, 0.25) is 0 Å². The highest BCUT2D eigenvalue weighted by Crippen LogP contribution is 2.14. The molecule has 0 aliphatic carbocycles. The molecule has 1 amide bonds. The van der Waals surface area contributed by atoms with E-state index < -0.39 is 0 Å². The molecule has 2 aromatic heterocycles. The lowest BCUT2D eigenvalue weighted by atomic mass is 10.1. The van der Waals surface area contributed by atoms with Gasteiger partial charge >= 0.3 is 0 Å². The van der Waals surface area contributed by atoms with E-state index in [1.54, 1.807) is 22.0 Å². The van der Waals surface area contributed by atoms with Crippen molar-refractivity contribution in [3.05, 3.63) is 77.0 Å². The van der Waals surface area contributed by atoms with Crippen LogP contribution in [0.15, 0.2) is 65.8 Å². The van der Waals surface area contributed by atoms with Gasteiger partial charge in [-0.1, -0.05) is 30.3 Å². The van der Waals surface area contributed by atoms with E-state index in [-0.39, 0.29) is 24.1 Å². The molecule has 1 aromatic carbocycles. The predicted octanol–water partition coefficient (Wildman–Crippen LogP) is 1.06. The molecule has 1 N–H and O–H groups in total. The zero-order chi connectivity index (χ0) is 19.2. The van der Waals surface area contributed by atoms with E-state index in [0.717, 1.165) is 10.2 Å². The van der Waals surface area contributed by atoms with Crippen LogP contribution in [-0.2, 0) is 17.9 Å². The standard InChI is InChI=1S/C19H22N6O2/c1-23(2)16-11-19(27)25(21-12-16)14-18(26)22-17(13-24-10-6-9-20-24)15-7-4-3-5-8-15/h3-12,17H,13-14H2,1-2H3,(H,22,26). The van der Waals surface area contributed by atoms with E-state index in [9.17, 15) is 9.59 Å². The summed E-state index contributed by atoms with van der Waals surface area (Å²) < 4.78 is 2.91. The molecule has 1 atom stereocenters. The summed E-state index contributed by atoms with van der Waals surface area (Å²) in [6.45, 7) is 0.347. The number of carbonyl (C=O) groups excluding carboxylic acids is 1. The third-order valence-electron chi connectivity index (χ3n) is 4.13. The van der Waals surface area contributed by atoms with E-state index in [2.05, 4.69) is 15.5 Å². The highest BCUT2D eigenvalue weighted by atomic mass is 16.2. The van der Waals surface area contributed by atoms with Crippen LogP contribution < -0.4 is 15.8 Å². The molecule has 1 unspecified atom stereocenters. The van der Waals surface area contributed by atoms with Crippen LogP contribution in [0, 0.1) is 0 Å². The first-order valence-corrected chi connectivity index (χ1v) is 8.59. The summed E-state index contributed by atoms with van der Waals surface area (Å²) in [5, 5.41) is 11.3. The summed E-state index contributed by atoms with van der Waals surface area (Å²) in [4.78, 5) is 26.5. The zero-order valence-electron chi connectivity index (χ0n) is 15.3. The van der Waals surface area contributed by atoms with Crippen LogP contribution >= 0.6 is 0 Å². The molecule has 0 aliphatic heterocycles. The second-order valence-electron chi connectivity index (χ2n) is 6.36. The lowest BCUT2D eigenvalue weighted by Gasteiger charge is -2.20. The maximum atomic E-state index is 12.5. The lowest BCUT2D eigenvalue weighted by Crippen LogP contribution is -2.37. The van der Waals surface area contributed by atoms with Crippen LogP contribution in [0.3, 0.4) is 0 Å². The van der Waals surface area contributed by atoms with Gasteiger partial charge in [-0.3, -0.25) is 14.3 Å². The fourth-order valence-electron chi connectivity index (χ4n) is 2.68. The quantitative estimate of drug-likeness (QED) is 0.676. The third kappa shape index (κ3) is 4.81. The third-order valence-corrected chi connectivity index (χ3v) is 4.13. The summed E-state index contributed by atoms with van der Waals surface area (Å²) in [7, 11) is 3.65. The zero-order valence-corrected chi connectivity index (χ0v) is 15.3. The van der Waals surface area contributed by atoms with Crippen molar-refractivity contribution in [1.82, 2.24) is 24.9 Å². The maximum absolute atomic E-state index is 12.5. The molecular formula is C19H22N6O2. The Morgan fingerprint density at radius 1 is 1.19 bits per heavy atom. The minimum atomic E-state index is -0.320. The van der Waals surface area contributed by atoms with E-state index >= 15 is 0 Å². The summed E-state index contributed by atoms with van der Waals surface area (Å²) in [6, 6.07) is 12.7. The molecule has 0 aliphatic rings. The molecule has 27 heavy (non-hydrogen) atoms. The van der Waals surface area contributed by atoms with Crippen molar-refractivity contribution < 1.29 is 4.79 Å². The Bertz CT molecular complexity index is 934. The number of hydrogen-bond acceptors (Lipinski definition) is 5. The second kappa shape index (κ2) is 8.31. The summed E-state index contributed by atoms with van der Waals surface area (Å²) in [5.41, 5.74) is 1.34. The number of amides is 1. The SMILES string of the molecule is CN(C)c1cnn(CC(=O)NC(Cn2cccn2)c2ccccc2)c(=O)c1. The van der Waals surface area contributed by atoms with Crippen molar-refractivity contribution in [3.8, 4) is 0 Å². The van der Waals surface area contributed by atoms with Gasteiger partial charge in [0.2, 0.25) is 5.91 Å². The molecule has 0 fully saturated rings. The van der Waals surface area contributed by atoms with Gasteiger partial charge < -0.3 is 10.2 Å². The summed E-state index contributed by atoms with van der Waals surface area (Å²) >= 11 is 0. The summed E-state index contributed by atoms with van der Waals surface area (Å²) in [5.74, 6) is -0.289. The fourth-order valence-corrected chi connectivity index (χ4v) is 2.68. The Balaban J connectivity index is 1.73. The van der Waals surface area contributed by atoms with Crippen molar-refractivity contribution in [3.63, 3.8) is 0 Å². The Labute approximate surface area is 157 Å². The van der Waals surface area contributed by atoms with Gasteiger partial charge in [-0.25, -0.2) is 4.68 Å². The molecule has 8 heteroatoms. The molecule has 3 aromatic rings. The Kier molecular flexibility index (Phi) is 5.65. The molecule has 0 radical (unpaired) electrons. The number of rotatable bonds is 7. The van der Waals surface area contributed by atoms with Crippen LogP contribution in [0.5, 0.6) is 0 Å². The molecule has 0 saturated carbocycles. The minimum Gasteiger partial charge on any atom is -0.376 e. The largest absolute Gasteiger partial charge is 0.376 e. The van der Waals surface area contributed by atoms with Crippen LogP contribution in [0.25, 0.3) is 0 Å². The Morgan fingerprint density at radius 3 is 2.59 bits per heavy atom. The minimum absolute atomic E-state index is 0.144. The van der Waals surface area contributed by atoms with Crippen molar-refractivity contribution >= 4 is 11.6 Å². The van der Waals surface area contributed by atoms with Gasteiger partial charge in [0.15, 0.2) is 0 Å². The van der Waals surface area contributed by atoms with Gasteiger partial charge in [0.05, 0.1) is 24.5 Å². The molecule has 0 spiro atoms. The molecule has 140 valence electrons. The normalized spacial score (nSPS) is 11.8. The van der Waals surface area contributed by atoms with E-state index in [1.165, 1.54) is 6.07 Å². The van der Waals surface area contributed by atoms with E-state index in [0.29, 0.717) is 12.2 Å². The second-order valence-corrected chi connectivity index (χ2v) is 6.36. The lowest BCUT2D eigenvalue weighted by molar-refractivity contribution is -0.122. The topological polar surface area (TPSA) is 85.1 Å². The van der Waals surface area contributed by atoms with Crippen LogP contribution in [-0.4, -0.2) is 39.6 Å². The molecule has 0 bridgehead atoms. The molecule has 8 nitrogen and oxygen atoms in total. The Hall–Kier alpha value is -3.42. The van der Waals surface area contributed by atoms with E-state index in [4.69, 9.17) is 0 Å². The first kappa shape index (κ1) is 18.4. The Morgan fingerprint density at radius 2 is 1.96 bits per heavy atom. The van der Waals surface area contributed by atoms with Crippen LogP contribution in [0.1, 0.15) is 11.6 Å². The first-order chi connectivity index (χ1) is 13.0. The summed E-state index contributed by atoms with van der Waals surface area (Å²) in [6.07, 6.45) is 5.10. The first-order valence-electron chi connectivity index (χ1n) is 8.59. The monoisotopic (exact) mass is 366 g/mol. The average molecular weight is 366 g/mol. The van der Waals surface area contributed by atoms with Gasteiger partial charge in [0, 0.05) is 32.6 Å². The number of nitrogens with zero attached hydrogens (tertiary/aromatic N) is 5. The average Bonchev–Trinajstić information content (AvgIpc) is 3.16. The van der Waals surface area contributed by atoms with Crippen molar-refractivity contribution in [2.24, 2.45) is 0 Å². The van der Waals surface area contributed by atoms with Gasteiger partial charge in [0.1, 0.15) is 6.54 Å². The van der Waals surface area contributed by atoms with Gasteiger partial charge in [-0.05, 0) is 11.6 Å². The van der Waals surface area contributed by atoms with Crippen LogP contribution in [0.4, 0.5) is 5.69 Å². The molecule has 0 saturated heterocycles. The van der Waals surface area contributed by atoms with Crippen molar-refractivity contribution in [2.75, 3.05) is 19.0 Å². The maximum Gasteiger partial charge on any atom is 0.269 e. The fraction of sp³-hybridized carbons (Fsp3) is 0.263. The number of benzene rings is 1. The van der Waals surface area contributed by atoms with Gasteiger partial charge in [-0.2, -0.15) is 10.2 Å². The van der Waals surface area contributed by atoms with Crippen molar-refractivity contribution in [1.29, 1.82) is 0 Å².